The summed E-state index contributed by atoms with van der Waals surface area (Å²) in [5.74, 6) is 1.31. The van der Waals surface area contributed by atoms with Gasteiger partial charge in [-0.05, 0) is 37.1 Å². The van der Waals surface area contributed by atoms with E-state index in [1.807, 2.05) is 36.7 Å². The summed E-state index contributed by atoms with van der Waals surface area (Å²) in [6, 6.07) is 7.35. The van der Waals surface area contributed by atoms with Gasteiger partial charge in [-0.25, -0.2) is 0 Å². The second-order valence-electron chi connectivity index (χ2n) is 4.78. The lowest BCUT2D eigenvalue weighted by molar-refractivity contribution is 0.207. The molecule has 5 heteroatoms. The number of aromatic nitrogens is 2. The third-order valence-corrected chi connectivity index (χ3v) is 3.49. The molecule has 0 radical (unpaired) electrons. The first-order valence-electron chi connectivity index (χ1n) is 7.10. The van der Waals surface area contributed by atoms with Crippen molar-refractivity contribution in [3.05, 3.63) is 41.2 Å². The summed E-state index contributed by atoms with van der Waals surface area (Å²) in [6.45, 7) is 4.77. The summed E-state index contributed by atoms with van der Waals surface area (Å²) in [6.07, 6.45) is 0.0792. The molecule has 0 saturated carbocycles. The van der Waals surface area contributed by atoms with Crippen molar-refractivity contribution in [2.24, 2.45) is 0 Å². The molecular formula is C16H22N2O3. The van der Waals surface area contributed by atoms with Gasteiger partial charge in [0, 0.05) is 12.6 Å². The van der Waals surface area contributed by atoms with Crippen LogP contribution in [0.1, 0.15) is 36.9 Å². The van der Waals surface area contributed by atoms with Crippen LogP contribution in [0, 0.1) is 0 Å². The number of nitrogens with zero attached hydrogens (tertiary/aromatic N) is 2. The predicted octanol–water partition coefficient (Wildman–Crippen LogP) is 2.56. The Kier molecular flexibility index (Phi) is 4.85. The average Bonchev–Trinajstić information content (AvgIpc) is 2.96. The van der Waals surface area contributed by atoms with Gasteiger partial charge in [-0.3, -0.25) is 4.68 Å². The second kappa shape index (κ2) is 6.63. The summed E-state index contributed by atoms with van der Waals surface area (Å²) < 4.78 is 12.3. The van der Waals surface area contributed by atoms with Crippen LogP contribution in [-0.2, 0) is 13.0 Å². The Morgan fingerprint density at radius 1 is 1.10 bits per heavy atom. The number of methoxy groups -OCH3 is 2. The van der Waals surface area contributed by atoms with Crippen LogP contribution in [0.5, 0.6) is 11.5 Å². The van der Waals surface area contributed by atoms with Crippen molar-refractivity contribution in [3.8, 4) is 11.5 Å². The van der Waals surface area contributed by atoms with E-state index in [2.05, 4.69) is 5.10 Å². The standard InChI is InChI=1S/C16H22N2O3/c1-5-12-9-15(18(6-2)17-12)16(19)11-7-13(20-3)10-14(8-11)21-4/h7-10,16,19H,5-6H2,1-4H3. The van der Waals surface area contributed by atoms with Crippen LogP contribution in [0.2, 0.25) is 0 Å². The smallest absolute Gasteiger partial charge is 0.122 e. The van der Waals surface area contributed by atoms with E-state index in [0.717, 1.165) is 23.4 Å². The van der Waals surface area contributed by atoms with E-state index >= 15 is 0 Å². The van der Waals surface area contributed by atoms with E-state index in [0.29, 0.717) is 18.0 Å². The van der Waals surface area contributed by atoms with Crippen molar-refractivity contribution < 1.29 is 14.6 Å². The maximum absolute atomic E-state index is 10.7. The van der Waals surface area contributed by atoms with E-state index in [-0.39, 0.29) is 0 Å². The zero-order valence-corrected chi connectivity index (χ0v) is 13.0. The highest BCUT2D eigenvalue weighted by Gasteiger charge is 2.18. The molecule has 1 heterocycles. The molecular weight excluding hydrogens is 268 g/mol. The molecule has 0 aliphatic carbocycles. The van der Waals surface area contributed by atoms with E-state index in [1.54, 1.807) is 20.3 Å². The van der Waals surface area contributed by atoms with E-state index in [9.17, 15) is 5.11 Å². The van der Waals surface area contributed by atoms with Gasteiger partial charge in [0.05, 0.1) is 25.6 Å². The number of benzene rings is 1. The molecule has 2 rings (SSSR count). The predicted molar refractivity (Wildman–Crippen MR) is 80.9 cm³/mol. The van der Waals surface area contributed by atoms with Crippen LogP contribution in [0.4, 0.5) is 0 Å². The Labute approximate surface area is 125 Å². The highest BCUT2D eigenvalue weighted by atomic mass is 16.5. The van der Waals surface area contributed by atoms with Crippen LogP contribution >= 0.6 is 0 Å². The lowest BCUT2D eigenvalue weighted by Crippen LogP contribution is -2.09. The third kappa shape index (κ3) is 3.19. The van der Waals surface area contributed by atoms with Crippen molar-refractivity contribution in [2.75, 3.05) is 14.2 Å². The number of hydrogen-bond acceptors (Lipinski definition) is 4. The van der Waals surface area contributed by atoms with Crippen LogP contribution in [0.15, 0.2) is 24.3 Å². The van der Waals surface area contributed by atoms with E-state index < -0.39 is 6.10 Å². The van der Waals surface area contributed by atoms with Crippen LogP contribution in [-0.4, -0.2) is 29.1 Å². The molecule has 1 unspecified atom stereocenters. The fraction of sp³-hybridized carbons (Fsp3) is 0.438. The van der Waals surface area contributed by atoms with Gasteiger partial charge in [0.1, 0.15) is 17.6 Å². The number of ether oxygens (including phenoxy) is 2. The molecule has 114 valence electrons. The number of aryl methyl sites for hydroxylation is 2. The highest BCUT2D eigenvalue weighted by molar-refractivity contribution is 5.41. The van der Waals surface area contributed by atoms with Crippen molar-refractivity contribution in [3.63, 3.8) is 0 Å². The lowest BCUT2D eigenvalue weighted by Gasteiger charge is -2.15. The minimum atomic E-state index is -0.762. The van der Waals surface area contributed by atoms with Gasteiger partial charge in [0.2, 0.25) is 0 Å². The molecule has 1 aromatic heterocycles. The normalized spacial score (nSPS) is 12.2. The molecule has 1 N–H and O–H groups in total. The first kappa shape index (κ1) is 15.4. The van der Waals surface area contributed by atoms with Crippen molar-refractivity contribution in [1.29, 1.82) is 0 Å². The molecule has 0 bridgehead atoms. The minimum absolute atomic E-state index is 0.654. The summed E-state index contributed by atoms with van der Waals surface area (Å²) in [4.78, 5) is 0. The summed E-state index contributed by atoms with van der Waals surface area (Å²) >= 11 is 0. The van der Waals surface area contributed by atoms with Gasteiger partial charge in [-0.2, -0.15) is 5.10 Å². The summed E-state index contributed by atoms with van der Waals surface area (Å²) in [5, 5.41) is 15.2. The van der Waals surface area contributed by atoms with Gasteiger partial charge in [-0.15, -0.1) is 0 Å². The average molecular weight is 290 g/mol. The monoisotopic (exact) mass is 290 g/mol. The Bertz CT molecular complexity index is 585. The quantitative estimate of drug-likeness (QED) is 0.888. The van der Waals surface area contributed by atoms with Crippen molar-refractivity contribution >= 4 is 0 Å². The highest BCUT2D eigenvalue weighted by Crippen LogP contribution is 2.30. The molecule has 2 aromatic rings. The lowest BCUT2D eigenvalue weighted by atomic mass is 10.0. The first-order valence-corrected chi connectivity index (χ1v) is 7.10. The Hall–Kier alpha value is -2.01. The van der Waals surface area contributed by atoms with Gasteiger partial charge >= 0.3 is 0 Å². The largest absolute Gasteiger partial charge is 0.497 e. The number of aliphatic hydroxyl groups excluding tert-OH is 1. The number of rotatable bonds is 6. The zero-order chi connectivity index (χ0) is 15.4. The third-order valence-electron chi connectivity index (χ3n) is 3.49. The Morgan fingerprint density at radius 2 is 1.71 bits per heavy atom. The fourth-order valence-electron chi connectivity index (χ4n) is 2.29. The van der Waals surface area contributed by atoms with Gasteiger partial charge < -0.3 is 14.6 Å². The Balaban J connectivity index is 2.43. The summed E-state index contributed by atoms with van der Waals surface area (Å²) in [7, 11) is 3.19. The molecule has 1 aromatic carbocycles. The van der Waals surface area contributed by atoms with Crippen molar-refractivity contribution in [2.45, 2.75) is 32.9 Å². The summed E-state index contributed by atoms with van der Waals surface area (Å²) in [5.41, 5.74) is 2.48. The number of hydrogen-bond donors (Lipinski definition) is 1. The Morgan fingerprint density at radius 3 is 2.19 bits per heavy atom. The molecule has 5 nitrogen and oxygen atoms in total. The molecule has 0 spiro atoms. The van der Waals surface area contributed by atoms with Gasteiger partial charge in [0.15, 0.2) is 0 Å². The number of aliphatic hydroxyl groups is 1. The molecule has 0 fully saturated rings. The van der Waals surface area contributed by atoms with Crippen LogP contribution in [0.3, 0.4) is 0 Å². The maximum Gasteiger partial charge on any atom is 0.122 e. The first-order chi connectivity index (χ1) is 10.1. The zero-order valence-electron chi connectivity index (χ0n) is 13.0. The topological polar surface area (TPSA) is 56.5 Å². The van der Waals surface area contributed by atoms with Gasteiger partial charge in [0.25, 0.3) is 0 Å². The van der Waals surface area contributed by atoms with Crippen LogP contribution in [0.25, 0.3) is 0 Å². The minimum Gasteiger partial charge on any atom is -0.497 e. The molecule has 1 atom stereocenters. The van der Waals surface area contributed by atoms with Crippen molar-refractivity contribution in [1.82, 2.24) is 9.78 Å². The molecule has 0 aliphatic heterocycles. The molecule has 0 amide bonds. The maximum atomic E-state index is 10.7. The SMILES string of the molecule is CCc1cc(C(O)c2cc(OC)cc(OC)c2)n(CC)n1. The van der Waals surface area contributed by atoms with E-state index in [1.165, 1.54) is 0 Å². The van der Waals surface area contributed by atoms with Gasteiger partial charge in [-0.1, -0.05) is 6.92 Å². The van der Waals surface area contributed by atoms with Crippen LogP contribution < -0.4 is 9.47 Å². The molecule has 21 heavy (non-hydrogen) atoms. The van der Waals surface area contributed by atoms with E-state index in [4.69, 9.17) is 9.47 Å². The molecule has 0 saturated heterocycles. The molecule has 0 aliphatic rings. The fourth-order valence-corrected chi connectivity index (χ4v) is 2.29. The second-order valence-corrected chi connectivity index (χ2v) is 4.78.